The number of alkyl carbamates (subject to hydrolysis) is 1. The zero-order chi connectivity index (χ0) is 22.1. The second-order valence-corrected chi connectivity index (χ2v) is 8.26. The lowest BCUT2D eigenvalue weighted by molar-refractivity contribution is -0.139. The third kappa shape index (κ3) is 3.68. The first kappa shape index (κ1) is 20.1. The molecule has 2 aliphatic rings. The quantitative estimate of drug-likeness (QED) is 0.535. The highest BCUT2D eigenvalue weighted by Gasteiger charge is 2.32. The maximum Gasteiger partial charge on any atom is 0.407 e. The first-order valence-electron chi connectivity index (χ1n) is 10.8. The summed E-state index contributed by atoms with van der Waals surface area (Å²) in [6.45, 7) is 0.801. The first-order valence-corrected chi connectivity index (χ1v) is 10.8. The maximum atomic E-state index is 12.5. The van der Waals surface area contributed by atoms with Crippen LogP contribution in [0.5, 0.6) is 0 Å². The van der Waals surface area contributed by atoms with Crippen molar-refractivity contribution >= 4 is 17.7 Å². The number of carboxylic acid groups (broad SMARTS) is 1. The number of fused-ring (bicyclic) bond motifs is 4. The number of carboxylic acids is 1. The van der Waals surface area contributed by atoms with E-state index in [0.717, 1.165) is 33.5 Å². The number of amides is 1. The van der Waals surface area contributed by atoms with E-state index in [1.807, 2.05) is 60.7 Å². The Morgan fingerprint density at radius 2 is 1.53 bits per heavy atom. The lowest BCUT2D eigenvalue weighted by Gasteiger charge is -2.20. The molecule has 2 atom stereocenters. The predicted octanol–water partition coefficient (Wildman–Crippen LogP) is 4.58. The molecular weight excluding hydrogens is 404 g/mol. The molecule has 0 aromatic heterocycles. The standard InChI is InChI=1S/C26H24N2O4/c29-25(30)24(13-16-14-27-23-12-6-5-7-17(16)23)28-26(31)32-15-22-20-10-3-1-8-18(20)19-9-2-4-11-21(19)22/h1-12,16,22,24,27H,13-15H2,(H,28,31)(H,29,30). The molecule has 3 aromatic carbocycles. The largest absolute Gasteiger partial charge is 0.480 e. The minimum absolute atomic E-state index is 0.0150. The van der Waals surface area contributed by atoms with Gasteiger partial charge in [-0.25, -0.2) is 9.59 Å². The van der Waals surface area contributed by atoms with E-state index in [2.05, 4.69) is 22.8 Å². The Morgan fingerprint density at radius 1 is 0.938 bits per heavy atom. The summed E-state index contributed by atoms with van der Waals surface area (Å²) in [5.41, 5.74) is 6.62. The summed E-state index contributed by atoms with van der Waals surface area (Å²) in [6, 6.07) is 23.0. The van der Waals surface area contributed by atoms with Gasteiger partial charge in [-0.1, -0.05) is 66.7 Å². The van der Waals surface area contributed by atoms with Crippen molar-refractivity contribution in [2.45, 2.75) is 24.3 Å². The Morgan fingerprint density at radius 3 is 2.19 bits per heavy atom. The molecule has 0 bridgehead atoms. The fourth-order valence-electron chi connectivity index (χ4n) is 4.86. The highest BCUT2D eigenvalue weighted by Crippen LogP contribution is 2.44. The molecule has 0 spiro atoms. The molecule has 0 saturated heterocycles. The Kier molecular flexibility index (Phi) is 5.27. The molecule has 0 fully saturated rings. The maximum absolute atomic E-state index is 12.5. The fourth-order valence-corrected chi connectivity index (χ4v) is 4.86. The second kappa shape index (κ2) is 8.38. The third-order valence-electron chi connectivity index (χ3n) is 6.39. The van der Waals surface area contributed by atoms with Crippen molar-refractivity contribution in [3.8, 4) is 11.1 Å². The Labute approximate surface area is 186 Å². The van der Waals surface area contributed by atoms with Crippen molar-refractivity contribution in [2.75, 3.05) is 18.5 Å². The summed E-state index contributed by atoms with van der Waals surface area (Å²) >= 11 is 0. The molecule has 1 aliphatic heterocycles. The van der Waals surface area contributed by atoms with Crippen LogP contribution in [0.15, 0.2) is 72.8 Å². The summed E-state index contributed by atoms with van der Waals surface area (Å²) in [4.78, 5) is 24.4. The van der Waals surface area contributed by atoms with Gasteiger partial charge in [-0.2, -0.15) is 0 Å². The van der Waals surface area contributed by atoms with Crippen LogP contribution in [0, 0.1) is 0 Å². The van der Waals surface area contributed by atoms with Gasteiger partial charge in [-0.15, -0.1) is 0 Å². The van der Waals surface area contributed by atoms with Gasteiger partial charge in [0.2, 0.25) is 0 Å². The number of para-hydroxylation sites is 1. The van der Waals surface area contributed by atoms with Gasteiger partial charge >= 0.3 is 12.1 Å². The Balaban J connectivity index is 1.25. The molecule has 162 valence electrons. The zero-order valence-corrected chi connectivity index (χ0v) is 17.5. The minimum atomic E-state index is -1.07. The molecule has 3 aromatic rings. The van der Waals surface area contributed by atoms with Gasteiger partial charge in [0.1, 0.15) is 12.6 Å². The van der Waals surface area contributed by atoms with E-state index in [1.54, 1.807) is 0 Å². The van der Waals surface area contributed by atoms with Gasteiger partial charge in [0, 0.05) is 24.1 Å². The molecule has 0 saturated carbocycles. The van der Waals surface area contributed by atoms with Gasteiger partial charge in [-0.3, -0.25) is 0 Å². The number of anilines is 1. The number of ether oxygens (including phenoxy) is 1. The molecule has 1 heterocycles. The average Bonchev–Trinajstić information content (AvgIpc) is 3.36. The summed E-state index contributed by atoms with van der Waals surface area (Å²) < 4.78 is 5.53. The van der Waals surface area contributed by atoms with Crippen molar-refractivity contribution in [1.82, 2.24) is 5.32 Å². The van der Waals surface area contributed by atoms with Crippen LogP contribution in [0.1, 0.15) is 34.9 Å². The van der Waals surface area contributed by atoms with Crippen molar-refractivity contribution in [3.05, 3.63) is 89.5 Å². The minimum Gasteiger partial charge on any atom is -0.480 e. The van der Waals surface area contributed by atoms with Crippen LogP contribution in [-0.2, 0) is 9.53 Å². The van der Waals surface area contributed by atoms with Crippen molar-refractivity contribution < 1.29 is 19.4 Å². The summed E-state index contributed by atoms with van der Waals surface area (Å²) in [5, 5.41) is 15.5. The van der Waals surface area contributed by atoms with Gasteiger partial charge in [0.25, 0.3) is 0 Å². The van der Waals surface area contributed by atoms with Gasteiger partial charge in [0.15, 0.2) is 0 Å². The highest BCUT2D eigenvalue weighted by molar-refractivity contribution is 5.81. The Hall–Kier alpha value is -3.80. The highest BCUT2D eigenvalue weighted by atomic mass is 16.5. The predicted molar refractivity (Wildman–Crippen MR) is 122 cm³/mol. The molecular formula is C26H24N2O4. The van der Waals surface area contributed by atoms with Crippen LogP contribution in [0.2, 0.25) is 0 Å². The normalized spacial score (nSPS) is 16.9. The van der Waals surface area contributed by atoms with Gasteiger partial charge < -0.3 is 20.5 Å². The fraction of sp³-hybridized carbons (Fsp3) is 0.231. The number of carbonyl (C=O) groups is 2. The van der Waals surface area contributed by atoms with Crippen molar-refractivity contribution in [2.24, 2.45) is 0 Å². The SMILES string of the molecule is O=C(NC(CC1CNc2ccccc21)C(=O)O)OCC1c2ccccc2-c2ccccc21. The summed E-state index contributed by atoms with van der Waals surface area (Å²) in [7, 11) is 0. The molecule has 6 heteroatoms. The molecule has 1 aliphatic carbocycles. The van der Waals surface area contributed by atoms with Crippen LogP contribution in [0.25, 0.3) is 11.1 Å². The van der Waals surface area contributed by atoms with E-state index >= 15 is 0 Å². The molecule has 5 rings (SSSR count). The van der Waals surface area contributed by atoms with E-state index < -0.39 is 18.1 Å². The summed E-state index contributed by atoms with van der Waals surface area (Å²) in [6.07, 6.45) is -0.415. The van der Waals surface area contributed by atoms with Crippen LogP contribution in [-0.4, -0.2) is 36.4 Å². The van der Waals surface area contributed by atoms with E-state index in [-0.39, 0.29) is 18.4 Å². The van der Waals surface area contributed by atoms with E-state index in [9.17, 15) is 14.7 Å². The van der Waals surface area contributed by atoms with E-state index in [1.165, 1.54) is 0 Å². The topological polar surface area (TPSA) is 87.7 Å². The number of benzene rings is 3. The first-order chi connectivity index (χ1) is 15.6. The van der Waals surface area contributed by atoms with Crippen LogP contribution in [0.4, 0.5) is 10.5 Å². The zero-order valence-electron chi connectivity index (χ0n) is 17.5. The van der Waals surface area contributed by atoms with Crippen molar-refractivity contribution in [3.63, 3.8) is 0 Å². The number of hydrogen-bond acceptors (Lipinski definition) is 4. The second-order valence-electron chi connectivity index (χ2n) is 8.26. The van der Waals surface area contributed by atoms with Crippen LogP contribution >= 0.6 is 0 Å². The van der Waals surface area contributed by atoms with Crippen LogP contribution < -0.4 is 10.6 Å². The number of carbonyl (C=O) groups excluding carboxylic acids is 1. The number of aliphatic carboxylic acids is 1. The molecule has 3 N–H and O–H groups in total. The number of hydrogen-bond donors (Lipinski definition) is 3. The van der Waals surface area contributed by atoms with Crippen LogP contribution in [0.3, 0.4) is 0 Å². The van der Waals surface area contributed by atoms with E-state index in [4.69, 9.17) is 4.74 Å². The van der Waals surface area contributed by atoms with Gasteiger partial charge in [-0.05, 0) is 40.3 Å². The molecule has 1 amide bonds. The third-order valence-corrected chi connectivity index (χ3v) is 6.39. The summed E-state index contributed by atoms with van der Waals surface area (Å²) in [5.74, 6) is -1.12. The van der Waals surface area contributed by atoms with Gasteiger partial charge in [0.05, 0.1) is 0 Å². The Bertz CT molecular complexity index is 1130. The molecule has 0 radical (unpaired) electrons. The number of rotatable bonds is 6. The number of nitrogens with one attached hydrogen (secondary N) is 2. The monoisotopic (exact) mass is 428 g/mol. The average molecular weight is 428 g/mol. The molecule has 2 unspecified atom stereocenters. The molecule has 6 nitrogen and oxygen atoms in total. The lowest BCUT2D eigenvalue weighted by Crippen LogP contribution is -2.42. The molecule has 32 heavy (non-hydrogen) atoms. The lowest BCUT2D eigenvalue weighted by atomic mass is 9.94. The smallest absolute Gasteiger partial charge is 0.407 e. The van der Waals surface area contributed by atoms with Crippen molar-refractivity contribution in [1.29, 1.82) is 0 Å². The van der Waals surface area contributed by atoms with E-state index in [0.29, 0.717) is 13.0 Å².